The zero-order chi connectivity index (χ0) is 20.0. The van der Waals surface area contributed by atoms with Gasteiger partial charge in [-0.25, -0.2) is 4.39 Å². The highest BCUT2D eigenvalue weighted by Crippen LogP contribution is 2.24. The predicted octanol–water partition coefficient (Wildman–Crippen LogP) is 3.28. The van der Waals surface area contributed by atoms with Gasteiger partial charge in [0.1, 0.15) is 13.7 Å². The van der Waals surface area contributed by atoms with Crippen LogP contribution in [0, 0.1) is 19.7 Å². The Balaban J connectivity index is 2.19. The van der Waals surface area contributed by atoms with Gasteiger partial charge < -0.3 is 10.2 Å². The minimum atomic E-state index is -0.409. The molecule has 1 unspecified atom stereocenters. The van der Waals surface area contributed by atoms with E-state index in [1.807, 2.05) is 26.1 Å². The van der Waals surface area contributed by atoms with Crippen molar-refractivity contribution in [2.45, 2.75) is 39.3 Å². The fourth-order valence-corrected chi connectivity index (χ4v) is 3.34. The molecule has 0 saturated carbocycles. The van der Waals surface area contributed by atoms with E-state index in [0.717, 1.165) is 37.2 Å². The average Bonchev–Trinajstić information content (AvgIpc) is 2.63. The van der Waals surface area contributed by atoms with Gasteiger partial charge in [-0.1, -0.05) is 23.7 Å². The van der Waals surface area contributed by atoms with Crippen molar-refractivity contribution in [3.8, 4) is 11.3 Å². The number of hydrogen-bond donors (Lipinski definition) is 1. The van der Waals surface area contributed by atoms with Crippen LogP contribution in [-0.2, 0) is 6.54 Å². The molecule has 3 nitrogen and oxygen atoms in total. The SMILES string of the molecule is [B]c1cccc(-c2cc(C)c(CN(C)CC(CCC=C)NC)c(C)n2)c1F. The van der Waals surface area contributed by atoms with Crippen LogP contribution < -0.4 is 10.8 Å². The quantitative estimate of drug-likeness (QED) is 0.546. The first kappa shape index (κ1) is 21.3. The fraction of sp³-hybridized carbons (Fsp3) is 0.409. The molecule has 0 aliphatic carbocycles. The van der Waals surface area contributed by atoms with Crippen LogP contribution >= 0.6 is 0 Å². The lowest BCUT2D eigenvalue weighted by atomic mass is 9.92. The maximum absolute atomic E-state index is 14.4. The first-order valence-corrected chi connectivity index (χ1v) is 9.35. The minimum absolute atomic E-state index is 0.144. The highest BCUT2D eigenvalue weighted by molar-refractivity contribution is 6.32. The van der Waals surface area contributed by atoms with Crippen molar-refractivity contribution in [2.75, 3.05) is 20.6 Å². The summed E-state index contributed by atoms with van der Waals surface area (Å²) in [6.45, 7) is 9.58. The predicted molar refractivity (Wildman–Crippen MR) is 113 cm³/mol. The Bertz CT molecular complexity index is 768. The number of pyridine rings is 1. The topological polar surface area (TPSA) is 28.2 Å². The molecule has 2 aromatic rings. The standard InChI is InChI=1S/C22H29BFN3/c1-6-7-9-17(25-4)13-27(5)14-19-15(2)12-21(26-16(19)3)18-10-8-11-20(23)22(18)24/h6,8,10-12,17,25H,1,7,9,13-14H2,2-5H3. The monoisotopic (exact) mass is 365 g/mol. The van der Waals surface area contributed by atoms with Gasteiger partial charge in [0.2, 0.25) is 0 Å². The Morgan fingerprint density at radius 1 is 1.37 bits per heavy atom. The first-order valence-electron chi connectivity index (χ1n) is 9.35. The number of rotatable bonds is 9. The summed E-state index contributed by atoms with van der Waals surface area (Å²) in [5.41, 5.74) is 4.43. The maximum atomic E-state index is 14.4. The highest BCUT2D eigenvalue weighted by atomic mass is 19.1. The summed E-state index contributed by atoms with van der Waals surface area (Å²) < 4.78 is 14.4. The lowest BCUT2D eigenvalue weighted by Crippen LogP contribution is -2.37. The van der Waals surface area contributed by atoms with Gasteiger partial charge in [0.05, 0.1) is 5.69 Å². The molecule has 5 heteroatoms. The molecule has 0 bridgehead atoms. The van der Waals surface area contributed by atoms with Crippen molar-refractivity contribution < 1.29 is 4.39 Å². The lowest BCUT2D eigenvalue weighted by Gasteiger charge is -2.25. The van der Waals surface area contributed by atoms with Crippen molar-refractivity contribution in [2.24, 2.45) is 0 Å². The Morgan fingerprint density at radius 3 is 2.74 bits per heavy atom. The van der Waals surface area contributed by atoms with Gasteiger partial charge in [-0.3, -0.25) is 4.98 Å². The molecule has 142 valence electrons. The molecule has 1 atom stereocenters. The van der Waals surface area contributed by atoms with E-state index >= 15 is 0 Å². The van der Waals surface area contributed by atoms with Gasteiger partial charge in [-0.2, -0.15) is 0 Å². The molecule has 2 radical (unpaired) electrons. The largest absolute Gasteiger partial charge is 0.316 e. The van der Waals surface area contributed by atoms with Crippen molar-refractivity contribution >= 4 is 13.3 Å². The molecular formula is C22H29BFN3. The normalized spacial score (nSPS) is 12.4. The van der Waals surface area contributed by atoms with E-state index in [9.17, 15) is 4.39 Å². The Morgan fingerprint density at radius 2 is 2.11 bits per heavy atom. The molecule has 2 rings (SSSR count). The summed E-state index contributed by atoms with van der Waals surface area (Å²) in [5.74, 6) is -0.409. The molecule has 1 aromatic heterocycles. The Labute approximate surface area is 164 Å². The third-order valence-electron chi connectivity index (χ3n) is 4.95. The van der Waals surface area contributed by atoms with Crippen LogP contribution in [0.4, 0.5) is 4.39 Å². The molecule has 27 heavy (non-hydrogen) atoms. The van der Waals surface area contributed by atoms with Crippen LogP contribution in [-0.4, -0.2) is 44.4 Å². The fourth-order valence-electron chi connectivity index (χ4n) is 3.34. The van der Waals surface area contributed by atoms with E-state index in [0.29, 0.717) is 17.3 Å². The number of allylic oxidation sites excluding steroid dienone is 1. The third kappa shape index (κ3) is 5.50. The van der Waals surface area contributed by atoms with Gasteiger partial charge in [-0.05, 0) is 64.0 Å². The first-order chi connectivity index (χ1) is 12.9. The van der Waals surface area contributed by atoms with Gasteiger partial charge in [0.25, 0.3) is 0 Å². The second-order valence-electron chi connectivity index (χ2n) is 7.15. The van der Waals surface area contributed by atoms with E-state index in [1.165, 1.54) is 5.56 Å². The maximum Gasteiger partial charge on any atom is 0.125 e. The van der Waals surface area contributed by atoms with Crippen molar-refractivity contribution in [3.63, 3.8) is 0 Å². The molecule has 0 amide bonds. The van der Waals surface area contributed by atoms with Gasteiger partial charge in [0, 0.05) is 30.4 Å². The molecule has 0 aliphatic heterocycles. The van der Waals surface area contributed by atoms with Crippen LogP contribution in [0.2, 0.25) is 0 Å². The van der Waals surface area contributed by atoms with Crippen LogP contribution in [0.25, 0.3) is 11.3 Å². The summed E-state index contributed by atoms with van der Waals surface area (Å²) in [4.78, 5) is 6.95. The molecule has 0 aliphatic rings. The number of aryl methyl sites for hydroxylation is 2. The molecule has 1 aromatic carbocycles. The summed E-state index contributed by atoms with van der Waals surface area (Å²) in [5, 5.41) is 3.37. The summed E-state index contributed by atoms with van der Waals surface area (Å²) in [7, 11) is 9.81. The lowest BCUT2D eigenvalue weighted by molar-refractivity contribution is 0.280. The molecule has 0 fully saturated rings. The number of hydrogen-bond acceptors (Lipinski definition) is 3. The Kier molecular flexibility index (Phi) is 7.75. The Hall–Kier alpha value is -1.98. The summed E-state index contributed by atoms with van der Waals surface area (Å²) in [6.07, 6.45) is 4.02. The molecule has 0 saturated heterocycles. The summed E-state index contributed by atoms with van der Waals surface area (Å²) in [6, 6.07) is 7.40. The van der Waals surface area contributed by atoms with Crippen LogP contribution in [0.5, 0.6) is 0 Å². The summed E-state index contributed by atoms with van der Waals surface area (Å²) >= 11 is 0. The number of nitrogens with zero attached hydrogens (tertiary/aromatic N) is 2. The van der Waals surface area contributed by atoms with E-state index < -0.39 is 5.82 Å². The van der Waals surface area contributed by atoms with Gasteiger partial charge in [-0.15, -0.1) is 6.58 Å². The van der Waals surface area contributed by atoms with Crippen LogP contribution in [0.15, 0.2) is 36.9 Å². The van der Waals surface area contributed by atoms with Gasteiger partial charge >= 0.3 is 0 Å². The number of aromatic nitrogens is 1. The number of likely N-dealkylation sites (N-methyl/N-ethyl adjacent to an activating group) is 2. The minimum Gasteiger partial charge on any atom is -0.316 e. The second-order valence-corrected chi connectivity index (χ2v) is 7.15. The smallest absolute Gasteiger partial charge is 0.125 e. The number of halogens is 1. The van der Waals surface area contributed by atoms with Crippen molar-refractivity contribution in [1.82, 2.24) is 15.2 Å². The molecular weight excluding hydrogens is 336 g/mol. The van der Waals surface area contributed by atoms with Crippen LogP contribution in [0.1, 0.15) is 29.7 Å². The molecule has 0 spiro atoms. The van der Waals surface area contributed by atoms with Gasteiger partial charge in [0.15, 0.2) is 0 Å². The van der Waals surface area contributed by atoms with E-state index in [-0.39, 0.29) is 5.46 Å². The zero-order valence-electron chi connectivity index (χ0n) is 16.8. The van der Waals surface area contributed by atoms with E-state index in [2.05, 4.69) is 35.8 Å². The van der Waals surface area contributed by atoms with Crippen molar-refractivity contribution in [3.05, 3.63) is 59.6 Å². The highest BCUT2D eigenvalue weighted by Gasteiger charge is 2.15. The van der Waals surface area contributed by atoms with Crippen LogP contribution in [0.3, 0.4) is 0 Å². The second kappa shape index (κ2) is 9.81. The molecule has 1 heterocycles. The third-order valence-corrected chi connectivity index (χ3v) is 4.95. The number of benzene rings is 1. The molecule has 1 N–H and O–H groups in total. The van der Waals surface area contributed by atoms with Crippen molar-refractivity contribution in [1.29, 1.82) is 0 Å². The van der Waals surface area contributed by atoms with E-state index in [4.69, 9.17) is 7.85 Å². The number of nitrogens with one attached hydrogen (secondary N) is 1. The average molecular weight is 365 g/mol. The zero-order valence-corrected chi connectivity index (χ0v) is 16.8. The van der Waals surface area contributed by atoms with E-state index in [1.54, 1.807) is 18.2 Å².